The van der Waals surface area contributed by atoms with E-state index in [1.165, 1.54) is 11.1 Å². The maximum atomic E-state index is 12.0. The number of nitrogens with zero attached hydrogens (tertiary/aromatic N) is 1. The minimum Gasteiger partial charge on any atom is -0.480 e. The van der Waals surface area contributed by atoms with Crippen LogP contribution in [0.2, 0.25) is 0 Å². The van der Waals surface area contributed by atoms with Gasteiger partial charge in [0, 0.05) is 6.54 Å². The van der Waals surface area contributed by atoms with Crippen molar-refractivity contribution in [3.8, 4) is 0 Å². The van der Waals surface area contributed by atoms with Gasteiger partial charge in [-0.05, 0) is 30.4 Å². The summed E-state index contributed by atoms with van der Waals surface area (Å²) in [5.74, 6) is -0.676. The highest BCUT2D eigenvalue weighted by atomic mass is 16.5. The molecule has 2 unspecified atom stereocenters. The van der Waals surface area contributed by atoms with Crippen molar-refractivity contribution in [1.82, 2.24) is 4.90 Å². The van der Waals surface area contributed by atoms with Crippen molar-refractivity contribution >= 4 is 5.97 Å². The number of ether oxygens (including phenoxy) is 1. The molecule has 2 atom stereocenters. The first-order valence-corrected chi connectivity index (χ1v) is 7.85. The number of carboxylic acids is 1. The predicted molar refractivity (Wildman–Crippen MR) is 80.1 cm³/mol. The molecule has 0 bridgehead atoms. The molecule has 0 saturated carbocycles. The number of likely N-dealkylation sites (tertiary alicyclic amines) is 1. The minimum absolute atomic E-state index is 0.0695. The highest BCUT2D eigenvalue weighted by Gasteiger charge is 2.50. The fraction of sp³-hybridized carbons (Fsp3) is 0.588. The molecule has 1 N–H and O–H groups in total. The van der Waals surface area contributed by atoms with E-state index in [4.69, 9.17) is 4.74 Å². The highest BCUT2D eigenvalue weighted by molar-refractivity contribution is 5.79. The monoisotopic (exact) mass is 289 g/mol. The summed E-state index contributed by atoms with van der Waals surface area (Å²) >= 11 is 0. The smallest absolute Gasteiger partial charge is 0.324 e. The molecule has 1 aromatic rings. The first-order valence-electron chi connectivity index (χ1n) is 7.85. The summed E-state index contributed by atoms with van der Waals surface area (Å²) in [6, 6.07) is 8.33. The Morgan fingerprint density at radius 1 is 1.48 bits per heavy atom. The third-order valence-corrected chi connectivity index (χ3v) is 4.92. The molecule has 2 aliphatic rings. The zero-order chi connectivity index (χ0) is 14.9. The van der Waals surface area contributed by atoms with Gasteiger partial charge in [0.15, 0.2) is 0 Å². The van der Waals surface area contributed by atoms with Crippen molar-refractivity contribution in [2.75, 3.05) is 13.2 Å². The quantitative estimate of drug-likeness (QED) is 0.926. The molecule has 2 heterocycles. The van der Waals surface area contributed by atoms with Crippen molar-refractivity contribution in [3.63, 3.8) is 0 Å². The normalized spacial score (nSPS) is 29.3. The van der Waals surface area contributed by atoms with Gasteiger partial charge in [-0.25, -0.2) is 0 Å². The van der Waals surface area contributed by atoms with Crippen LogP contribution in [0.4, 0.5) is 0 Å². The second-order valence-electron chi connectivity index (χ2n) is 6.11. The second-order valence-corrected chi connectivity index (χ2v) is 6.11. The van der Waals surface area contributed by atoms with E-state index in [9.17, 15) is 9.90 Å². The maximum absolute atomic E-state index is 12.0. The Hall–Kier alpha value is -1.39. The van der Waals surface area contributed by atoms with Gasteiger partial charge in [-0.15, -0.1) is 0 Å². The topological polar surface area (TPSA) is 49.8 Å². The third kappa shape index (κ3) is 2.36. The lowest BCUT2D eigenvalue weighted by molar-refractivity contribution is -0.153. The van der Waals surface area contributed by atoms with Crippen molar-refractivity contribution in [3.05, 3.63) is 35.4 Å². The Labute approximate surface area is 125 Å². The van der Waals surface area contributed by atoms with Gasteiger partial charge in [-0.1, -0.05) is 37.6 Å². The second kappa shape index (κ2) is 5.78. The Kier molecular flexibility index (Phi) is 4.00. The first kappa shape index (κ1) is 14.5. The molecule has 4 nitrogen and oxygen atoms in total. The zero-order valence-electron chi connectivity index (χ0n) is 12.5. The molecule has 0 amide bonds. The summed E-state index contributed by atoms with van der Waals surface area (Å²) in [5.41, 5.74) is 1.72. The van der Waals surface area contributed by atoms with Crippen molar-refractivity contribution in [2.24, 2.45) is 0 Å². The van der Waals surface area contributed by atoms with E-state index in [0.717, 1.165) is 25.8 Å². The number of fused-ring (bicyclic) bond motifs is 1. The van der Waals surface area contributed by atoms with Crippen LogP contribution in [0.15, 0.2) is 24.3 Å². The third-order valence-electron chi connectivity index (χ3n) is 4.92. The van der Waals surface area contributed by atoms with Crippen LogP contribution in [-0.2, 0) is 16.1 Å². The van der Waals surface area contributed by atoms with Crippen LogP contribution in [-0.4, -0.2) is 34.7 Å². The van der Waals surface area contributed by atoms with Crippen LogP contribution in [0.25, 0.3) is 0 Å². The molecule has 0 aliphatic carbocycles. The molecule has 2 aliphatic heterocycles. The van der Waals surface area contributed by atoms with E-state index in [2.05, 4.69) is 24.0 Å². The lowest BCUT2D eigenvalue weighted by atomic mass is 9.87. The first-order chi connectivity index (χ1) is 10.2. The molecule has 1 fully saturated rings. The number of carboxylic acid groups (broad SMARTS) is 1. The number of carbonyl (C=O) groups is 1. The number of hydrogen-bond acceptors (Lipinski definition) is 3. The molecule has 0 spiro atoms. The van der Waals surface area contributed by atoms with E-state index in [1.807, 2.05) is 12.1 Å². The summed E-state index contributed by atoms with van der Waals surface area (Å²) in [6.07, 6.45) is 3.29. The van der Waals surface area contributed by atoms with Gasteiger partial charge in [0.05, 0.1) is 19.3 Å². The standard InChI is InChI=1S/C17H23NO3/c1-2-8-17(16(19)20)9-5-10-18(17)15-12-21-11-13-6-3-4-7-14(13)15/h3-4,6-7,15H,2,5,8-12H2,1H3,(H,19,20). The van der Waals surface area contributed by atoms with Crippen LogP contribution in [0.3, 0.4) is 0 Å². The van der Waals surface area contributed by atoms with Gasteiger partial charge >= 0.3 is 5.97 Å². The van der Waals surface area contributed by atoms with Crippen molar-refractivity contribution < 1.29 is 14.6 Å². The molecule has 1 aromatic carbocycles. The SMILES string of the molecule is CCCC1(C(=O)O)CCCN1C1COCc2ccccc21. The van der Waals surface area contributed by atoms with Crippen molar-refractivity contribution in [2.45, 2.75) is 50.8 Å². The van der Waals surface area contributed by atoms with Gasteiger partial charge in [-0.3, -0.25) is 9.69 Å². The Bertz CT molecular complexity index is 531. The number of hydrogen-bond donors (Lipinski definition) is 1. The highest BCUT2D eigenvalue weighted by Crippen LogP contribution is 2.42. The van der Waals surface area contributed by atoms with Crippen LogP contribution < -0.4 is 0 Å². The summed E-state index contributed by atoms with van der Waals surface area (Å²) in [5, 5.41) is 9.86. The van der Waals surface area contributed by atoms with E-state index in [0.29, 0.717) is 19.6 Å². The Morgan fingerprint density at radius 2 is 2.29 bits per heavy atom. The zero-order valence-corrected chi connectivity index (χ0v) is 12.5. The van der Waals surface area contributed by atoms with Gasteiger partial charge < -0.3 is 9.84 Å². The van der Waals surface area contributed by atoms with Crippen LogP contribution in [0, 0.1) is 0 Å². The summed E-state index contributed by atoms with van der Waals surface area (Å²) in [4.78, 5) is 14.2. The van der Waals surface area contributed by atoms with Crippen LogP contribution in [0.1, 0.15) is 49.8 Å². The summed E-state index contributed by atoms with van der Waals surface area (Å²) in [6.45, 7) is 4.13. The predicted octanol–water partition coefficient (Wildman–Crippen LogP) is 2.98. The molecule has 1 saturated heterocycles. The number of benzene rings is 1. The summed E-state index contributed by atoms with van der Waals surface area (Å²) in [7, 11) is 0. The number of rotatable bonds is 4. The lowest BCUT2D eigenvalue weighted by Crippen LogP contribution is -2.53. The average molecular weight is 289 g/mol. The molecule has 21 heavy (non-hydrogen) atoms. The number of aliphatic carboxylic acids is 1. The van der Waals surface area contributed by atoms with Gasteiger partial charge in [0.25, 0.3) is 0 Å². The Morgan fingerprint density at radius 3 is 3.05 bits per heavy atom. The van der Waals surface area contributed by atoms with E-state index >= 15 is 0 Å². The fourth-order valence-electron chi connectivity index (χ4n) is 3.99. The molecule has 0 radical (unpaired) electrons. The molecular formula is C17H23NO3. The average Bonchev–Trinajstić information content (AvgIpc) is 2.92. The van der Waals surface area contributed by atoms with Gasteiger partial charge in [0.2, 0.25) is 0 Å². The molecule has 114 valence electrons. The molecule has 3 rings (SSSR count). The minimum atomic E-state index is -0.715. The maximum Gasteiger partial charge on any atom is 0.324 e. The largest absolute Gasteiger partial charge is 0.480 e. The van der Waals surface area contributed by atoms with Crippen LogP contribution in [0.5, 0.6) is 0 Å². The molecule has 0 aromatic heterocycles. The summed E-state index contributed by atoms with van der Waals surface area (Å²) < 4.78 is 5.74. The van der Waals surface area contributed by atoms with E-state index in [1.54, 1.807) is 0 Å². The van der Waals surface area contributed by atoms with Gasteiger partial charge in [-0.2, -0.15) is 0 Å². The molecular weight excluding hydrogens is 266 g/mol. The van der Waals surface area contributed by atoms with Gasteiger partial charge in [0.1, 0.15) is 5.54 Å². The fourth-order valence-corrected chi connectivity index (χ4v) is 3.99. The molecule has 4 heteroatoms. The Balaban J connectivity index is 1.98. The van der Waals surface area contributed by atoms with Crippen LogP contribution >= 0.6 is 0 Å². The van der Waals surface area contributed by atoms with Crippen molar-refractivity contribution in [1.29, 1.82) is 0 Å². The van der Waals surface area contributed by atoms with E-state index in [-0.39, 0.29) is 6.04 Å². The van der Waals surface area contributed by atoms with E-state index < -0.39 is 11.5 Å². The lowest BCUT2D eigenvalue weighted by Gasteiger charge is -2.42.